The molecule has 0 atom stereocenters. The zero-order chi connectivity index (χ0) is 14.1. The number of nitrogens with one attached hydrogen (secondary N) is 1. The van der Waals surface area contributed by atoms with Crippen molar-refractivity contribution in [3.05, 3.63) is 60.2 Å². The number of H-pyrrole nitrogens is 1. The Morgan fingerprint density at radius 1 is 1.00 bits per heavy atom. The van der Waals surface area contributed by atoms with Gasteiger partial charge in [-0.15, -0.1) is 0 Å². The third kappa shape index (κ3) is 1.97. The SMILES string of the molecule is CC(=O)c1c(N(C)c2ccccc2)[nH]c2ccccc12. The van der Waals surface area contributed by atoms with Crippen LogP contribution in [0.5, 0.6) is 0 Å². The molecular weight excluding hydrogens is 248 g/mol. The van der Waals surface area contributed by atoms with Crippen molar-refractivity contribution >= 4 is 28.2 Å². The fraction of sp³-hybridized carbons (Fsp3) is 0.118. The predicted molar refractivity (Wildman–Crippen MR) is 82.8 cm³/mol. The summed E-state index contributed by atoms with van der Waals surface area (Å²) in [7, 11) is 1.96. The van der Waals surface area contributed by atoms with Crippen LogP contribution in [0.25, 0.3) is 10.9 Å². The van der Waals surface area contributed by atoms with Crippen LogP contribution in [0.3, 0.4) is 0 Å². The van der Waals surface area contributed by atoms with E-state index in [9.17, 15) is 4.79 Å². The van der Waals surface area contributed by atoms with Gasteiger partial charge in [-0.1, -0.05) is 36.4 Å². The number of ketones is 1. The van der Waals surface area contributed by atoms with Gasteiger partial charge in [0, 0.05) is 23.6 Å². The van der Waals surface area contributed by atoms with E-state index in [0.29, 0.717) is 0 Å². The monoisotopic (exact) mass is 264 g/mol. The average Bonchev–Trinajstić information content (AvgIpc) is 2.86. The maximum absolute atomic E-state index is 12.0. The van der Waals surface area contributed by atoms with Crippen molar-refractivity contribution in [2.45, 2.75) is 6.92 Å². The fourth-order valence-corrected chi connectivity index (χ4v) is 2.52. The lowest BCUT2D eigenvalue weighted by atomic mass is 10.1. The van der Waals surface area contributed by atoms with Crippen molar-refractivity contribution in [3.63, 3.8) is 0 Å². The normalized spacial score (nSPS) is 10.7. The first kappa shape index (κ1) is 12.5. The van der Waals surface area contributed by atoms with Gasteiger partial charge in [-0.2, -0.15) is 0 Å². The summed E-state index contributed by atoms with van der Waals surface area (Å²) >= 11 is 0. The maximum atomic E-state index is 12.0. The van der Waals surface area contributed by atoms with E-state index < -0.39 is 0 Å². The molecule has 0 fully saturated rings. The molecule has 1 N–H and O–H groups in total. The average molecular weight is 264 g/mol. The van der Waals surface area contributed by atoms with E-state index in [1.807, 2.05) is 66.5 Å². The standard InChI is InChI=1S/C17H16N2O/c1-12(20)16-14-10-6-7-11-15(14)18-17(16)19(2)13-8-4-3-5-9-13/h3-11,18H,1-2H3. The summed E-state index contributed by atoms with van der Waals surface area (Å²) < 4.78 is 0. The summed E-state index contributed by atoms with van der Waals surface area (Å²) in [6, 6.07) is 17.9. The van der Waals surface area contributed by atoms with Crippen LogP contribution < -0.4 is 4.90 Å². The molecule has 0 saturated carbocycles. The number of hydrogen-bond acceptors (Lipinski definition) is 2. The maximum Gasteiger partial charge on any atom is 0.164 e. The molecule has 1 aromatic heterocycles. The highest BCUT2D eigenvalue weighted by Crippen LogP contribution is 2.32. The van der Waals surface area contributed by atoms with Crippen LogP contribution in [0.1, 0.15) is 17.3 Å². The summed E-state index contributed by atoms with van der Waals surface area (Å²) in [5.41, 5.74) is 2.77. The molecule has 0 aliphatic rings. The highest BCUT2D eigenvalue weighted by molar-refractivity contribution is 6.12. The number of fused-ring (bicyclic) bond motifs is 1. The number of anilines is 2. The highest BCUT2D eigenvalue weighted by atomic mass is 16.1. The second kappa shape index (κ2) is 4.85. The lowest BCUT2D eigenvalue weighted by Crippen LogP contribution is -2.12. The molecule has 0 radical (unpaired) electrons. The fourth-order valence-electron chi connectivity index (χ4n) is 2.52. The second-order valence-electron chi connectivity index (χ2n) is 4.84. The summed E-state index contributed by atoms with van der Waals surface area (Å²) in [6.07, 6.45) is 0. The minimum absolute atomic E-state index is 0.0697. The summed E-state index contributed by atoms with van der Waals surface area (Å²) in [6.45, 7) is 1.61. The Morgan fingerprint density at radius 3 is 2.35 bits per heavy atom. The molecular formula is C17H16N2O. The van der Waals surface area contributed by atoms with Gasteiger partial charge >= 0.3 is 0 Å². The quantitative estimate of drug-likeness (QED) is 0.722. The number of carbonyl (C=O) groups is 1. The largest absolute Gasteiger partial charge is 0.341 e. The zero-order valence-corrected chi connectivity index (χ0v) is 11.6. The number of benzene rings is 2. The van der Waals surface area contributed by atoms with E-state index in [-0.39, 0.29) is 5.78 Å². The first-order valence-corrected chi connectivity index (χ1v) is 6.59. The number of aromatic amines is 1. The zero-order valence-electron chi connectivity index (χ0n) is 11.6. The highest BCUT2D eigenvalue weighted by Gasteiger charge is 2.18. The van der Waals surface area contributed by atoms with E-state index >= 15 is 0 Å². The van der Waals surface area contributed by atoms with Gasteiger partial charge in [0.25, 0.3) is 0 Å². The Kier molecular flexibility index (Phi) is 3.03. The van der Waals surface area contributed by atoms with Crippen molar-refractivity contribution in [2.24, 2.45) is 0 Å². The van der Waals surface area contributed by atoms with Gasteiger partial charge < -0.3 is 9.88 Å². The van der Waals surface area contributed by atoms with E-state index in [1.165, 1.54) is 0 Å². The number of nitrogens with zero attached hydrogens (tertiary/aromatic N) is 1. The molecule has 3 aromatic rings. The van der Waals surface area contributed by atoms with Gasteiger partial charge in [-0.3, -0.25) is 4.79 Å². The van der Waals surface area contributed by atoms with Crippen molar-refractivity contribution < 1.29 is 4.79 Å². The second-order valence-corrected chi connectivity index (χ2v) is 4.84. The Hall–Kier alpha value is -2.55. The molecule has 3 heteroatoms. The van der Waals surface area contributed by atoms with Crippen LogP contribution in [-0.4, -0.2) is 17.8 Å². The van der Waals surface area contributed by atoms with Crippen LogP contribution in [0.2, 0.25) is 0 Å². The van der Waals surface area contributed by atoms with E-state index in [2.05, 4.69) is 4.98 Å². The number of aromatic nitrogens is 1. The van der Waals surface area contributed by atoms with E-state index in [1.54, 1.807) is 6.92 Å². The minimum atomic E-state index is 0.0697. The summed E-state index contributed by atoms with van der Waals surface area (Å²) in [4.78, 5) is 17.4. The minimum Gasteiger partial charge on any atom is -0.341 e. The van der Waals surface area contributed by atoms with Gasteiger partial charge in [0.15, 0.2) is 5.78 Å². The van der Waals surface area contributed by atoms with Crippen LogP contribution >= 0.6 is 0 Å². The van der Waals surface area contributed by atoms with Crippen molar-refractivity contribution in [1.29, 1.82) is 0 Å². The van der Waals surface area contributed by atoms with Crippen molar-refractivity contribution in [1.82, 2.24) is 4.98 Å². The van der Waals surface area contributed by atoms with Gasteiger partial charge in [-0.25, -0.2) is 0 Å². The van der Waals surface area contributed by atoms with Crippen LogP contribution in [-0.2, 0) is 0 Å². The Labute approximate surface area is 117 Å². The molecule has 3 nitrogen and oxygen atoms in total. The molecule has 0 aliphatic heterocycles. The molecule has 0 aliphatic carbocycles. The van der Waals surface area contributed by atoms with E-state index in [0.717, 1.165) is 28.0 Å². The molecule has 20 heavy (non-hydrogen) atoms. The number of carbonyl (C=O) groups excluding carboxylic acids is 1. The topological polar surface area (TPSA) is 36.1 Å². The summed E-state index contributed by atoms with van der Waals surface area (Å²) in [5, 5.41) is 0.970. The number of para-hydroxylation sites is 2. The Morgan fingerprint density at radius 2 is 1.65 bits per heavy atom. The number of rotatable bonds is 3. The molecule has 100 valence electrons. The molecule has 1 heterocycles. The Bertz CT molecular complexity index is 759. The third-order valence-corrected chi connectivity index (χ3v) is 3.52. The molecule has 3 rings (SSSR count). The van der Waals surface area contributed by atoms with Crippen LogP contribution in [0, 0.1) is 0 Å². The van der Waals surface area contributed by atoms with Gasteiger partial charge in [0.2, 0.25) is 0 Å². The Balaban J connectivity index is 2.21. The van der Waals surface area contributed by atoms with Gasteiger partial charge in [0.1, 0.15) is 5.82 Å². The number of hydrogen-bond donors (Lipinski definition) is 1. The van der Waals surface area contributed by atoms with Gasteiger partial charge in [-0.05, 0) is 25.1 Å². The van der Waals surface area contributed by atoms with Crippen molar-refractivity contribution in [2.75, 3.05) is 11.9 Å². The predicted octanol–water partition coefficient (Wildman–Crippen LogP) is 4.14. The molecule has 2 aromatic carbocycles. The lowest BCUT2D eigenvalue weighted by molar-refractivity contribution is 0.102. The first-order valence-electron chi connectivity index (χ1n) is 6.59. The smallest absolute Gasteiger partial charge is 0.164 e. The van der Waals surface area contributed by atoms with Crippen molar-refractivity contribution in [3.8, 4) is 0 Å². The molecule has 0 saturated heterocycles. The van der Waals surface area contributed by atoms with Crippen LogP contribution in [0.15, 0.2) is 54.6 Å². The molecule has 0 amide bonds. The van der Waals surface area contributed by atoms with Crippen LogP contribution in [0.4, 0.5) is 11.5 Å². The molecule has 0 bridgehead atoms. The molecule has 0 unspecified atom stereocenters. The first-order chi connectivity index (χ1) is 9.68. The number of Topliss-reactive ketones (excluding diaryl/α,β-unsaturated/α-hetero) is 1. The molecule has 0 spiro atoms. The third-order valence-electron chi connectivity index (χ3n) is 3.52. The lowest BCUT2D eigenvalue weighted by Gasteiger charge is -2.19. The summed E-state index contributed by atoms with van der Waals surface area (Å²) in [5.74, 6) is 0.908. The van der Waals surface area contributed by atoms with Gasteiger partial charge in [0.05, 0.1) is 5.56 Å². The van der Waals surface area contributed by atoms with E-state index in [4.69, 9.17) is 0 Å².